The van der Waals surface area contributed by atoms with Crippen LogP contribution in [-0.4, -0.2) is 29.1 Å². The first-order valence-electron chi connectivity index (χ1n) is 8.52. The summed E-state index contributed by atoms with van der Waals surface area (Å²) < 4.78 is 5.70. The zero-order chi connectivity index (χ0) is 18.2. The average Bonchev–Trinajstić information content (AvgIpc) is 3.01. The van der Waals surface area contributed by atoms with Crippen molar-refractivity contribution >= 4 is 22.9 Å². The van der Waals surface area contributed by atoms with Crippen LogP contribution in [0.25, 0.3) is 11.3 Å². The van der Waals surface area contributed by atoms with Gasteiger partial charge in [-0.25, -0.2) is 4.98 Å². The number of nitrogens with zero attached hydrogens (tertiary/aromatic N) is 1. The number of benzene rings is 1. The highest BCUT2D eigenvalue weighted by molar-refractivity contribution is 7.09. The van der Waals surface area contributed by atoms with Crippen molar-refractivity contribution in [1.29, 1.82) is 0 Å². The van der Waals surface area contributed by atoms with Crippen molar-refractivity contribution in [1.82, 2.24) is 4.98 Å². The van der Waals surface area contributed by atoms with Crippen molar-refractivity contribution in [2.45, 2.75) is 45.8 Å². The quantitative estimate of drug-likeness (QED) is 0.855. The topological polar surface area (TPSA) is 77.2 Å². The molecule has 0 spiro atoms. The molecular formula is C19H25N3O2S. The van der Waals surface area contributed by atoms with Gasteiger partial charge in [-0.3, -0.25) is 4.79 Å². The second kappa shape index (κ2) is 6.52. The van der Waals surface area contributed by atoms with Crippen molar-refractivity contribution < 1.29 is 9.53 Å². The van der Waals surface area contributed by atoms with E-state index in [1.54, 1.807) is 11.3 Å². The highest BCUT2D eigenvalue weighted by Gasteiger charge is 2.62. The number of hydrogen-bond acceptors (Lipinski definition) is 5. The number of aromatic nitrogens is 1. The molecule has 3 N–H and O–H groups in total. The largest absolute Gasteiger partial charge is 0.378 e. The fraction of sp³-hybridized carbons (Fsp3) is 0.474. The van der Waals surface area contributed by atoms with Crippen LogP contribution in [0.4, 0.5) is 5.69 Å². The molecule has 1 aliphatic carbocycles. The molecule has 0 saturated heterocycles. The number of nitrogens with two attached hydrogens (primary N) is 1. The van der Waals surface area contributed by atoms with E-state index in [1.807, 2.05) is 57.3 Å². The first-order chi connectivity index (χ1) is 11.8. The molecule has 1 aromatic carbocycles. The van der Waals surface area contributed by atoms with Crippen molar-refractivity contribution in [3.63, 3.8) is 0 Å². The predicted octanol–water partition coefficient (Wildman–Crippen LogP) is 3.59. The highest BCUT2D eigenvalue weighted by Crippen LogP contribution is 2.50. The lowest BCUT2D eigenvalue weighted by molar-refractivity contribution is -0.166. The third-order valence-corrected chi connectivity index (χ3v) is 6.04. The molecule has 25 heavy (non-hydrogen) atoms. The van der Waals surface area contributed by atoms with Crippen LogP contribution in [0.1, 0.15) is 32.2 Å². The van der Waals surface area contributed by atoms with Gasteiger partial charge in [-0.15, -0.1) is 11.3 Å². The summed E-state index contributed by atoms with van der Waals surface area (Å²) in [6, 6.07) is 7.70. The molecule has 0 aliphatic heterocycles. The minimum atomic E-state index is -0.930. The molecular weight excluding hydrogens is 334 g/mol. The van der Waals surface area contributed by atoms with Gasteiger partial charge in [-0.1, -0.05) is 26.0 Å². The van der Waals surface area contributed by atoms with Crippen molar-refractivity contribution in [2.75, 3.05) is 11.9 Å². The van der Waals surface area contributed by atoms with E-state index in [-0.39, 0.29) is 12.0 Å². The van der Waals surface area contributed by atoms with E-state index in [2.05, 4.69) is 10.3 Å². The number of amides is 1. The van der Waals surface area contributed by atoms with Crippen LogP contribution in [0.2, 0.25) is 0 Å². The maximum atomic E-state index is 12.8. The summed E-state index contributed by atoms with van der Waals surface area (Å²) in [7, 11) is 0. The number of anilines is 1. The number of carbonyl (C=O) groups excluding carboxylic acids is 1. The highest BCUT2D eigenvalue weighted by atomic mass is 32.1. The second-order valence-electron chi connectivity index (χ2n) is 7.13. The molecule has 1 heterocycles. The van der Waals surface area contributed by atoms with E-state index >= 15 is 0 Å². The van der Waals surface area contributed by atoms with Gasteiger partial charge in [0.25, 0.3) is 0 Å². The van der Waals surface area contributed by atoms with E-state index < -0.39 is 11.0 Å². The lowest BCUT2D eigenvalue weighted by atomic mass is 9.54. The number of aryl methyl sites for hydroxylation is 1. The summed E-state index contributed by atoms with van der Waals surface area (Å²) in [5.74, 6) is -0.167. The molecule has 0 bridgehead atoms. The van der Waals surface area contributed by atoms with Crippen LogP contribution in [-0.2, 0) is 9.53 Å². The zero-order valence-electron chi connectivity index (χ0n) is 15.1. The normalized spacial score (nSPS) is 24.6. The van der Waals surface area contributed by atoms with Crippen LogP contribution in [0.5, 0.6) is 0 Å². The van der Waals surface area contributed by atoms with Crippen molar-refractivity contribution in [3.8, 4) is 11.3 Å². The smallest absolute Gasteiger partial charge is 0.245 e. The maximum absolute atomic E-state index is 12.8. The third-order valence-electron chi connectivity index (χ3n) is 5.27. The minimum Gasteiger partial charge on any atom is -0.378 e. The first-order valence-corrected chi connectivity index (χ1v) is 9.40. The molecule has 1 aromatic heterocycles. The predicted molar refractivity (Wildman–Crippen MR) is 102 cm³/mol. The fourth-order valence-corrected chi connectivity index (χ4v) is 3.94. The molecule has 5 nitrogen and oxygen atoms in total. The number of rotatable bonds is 5. The lowest BCUT2D eigenvalue weighted by Gasteiger charge is -2.57. The molecule has 1 amide bonds. The molecule has 0 radical (unpaired) electrons. The molecule has 3 rings (SSSR count). The van der Waals surface area contributed by atoms with E-state index in [1.165, 1.54) is 0 Å². The van der Waals surface area contributed by atoms with E-state index in [0.29, 0.717) is 13.0 Å². The summed E-state index contributed by atoms with van der Waals surface area (Å²) in [6.07, 6.45) is 0.544. The van der Waals surface area contributed by atoms with Gasteiger partial charge in [0.2, 0.25) is 5.91 Å². The summed E-state index contributed by atoms with van der Waals surface area (Å²) in [5.41, 5.74) is 7.73. The molecule has 1 fully saturated rings. The van der Waals surface area contributed by atoms with Crippen LogP contribution in [0.15, 0.2) is 29.6 Å². The average molecular weight is 359 g/mol. The SMILES string of the molecule is CCOC1CC(N)(C(=O)Nc2cccc(-c3csc(C)n3)c2)C1(C)C. The Kier molecular flexibility index (Phi) is 4.70. The van der Waals surface area contributed by atoms with E-state index in [4.69, 9.17) is 10.5 Å². The van der Waals surface area contributed by atoms with Gasteiger partial charge in [0, 0.05) is 35.1 Å². The molecule has 1 aliphatic rings. The first kappa shape index (κ1) is 18.0. The zero-order valence-corrected chi connectivity index (χ0v) is 15.9. The number of hydrogen-bond donors (Lipinski definition) is 2. The molecule has 2 unspecified atom stereocenters. The second-order valence-corrected chi connectivity index (χ2v) is 8.19. The molecule has 134 valence electrons. The van der Waals surface area contributed by atoms with E-state index in [0.717, 1.165) is 22.0 Å². The van der Waals surface area contributed by atoms with Crippen LogP contribution in [0.3, 0.4) is 0 Å². The van der Waals surface area contributed by atoms with Crippen molar-refractivity contribution in [3.05, 3.63) is 34.7 Å². The van der Waals surface area contributed by atoms with Gasteiger partial charge in [-0.05, 0) is 26.0 Å². The fourth-order valence-electron chi connectivity index (χ4n) is 3.32. The van der Waals surface area contributed by atoms with Gasteiger partial charge in [0.05, 0.1) is 16.8 Å². The Bertz CT molecular complexity index is 786. The number of nitrogens with one attached hydrogen (secondary N) is 1. The summed E-state index contributed by atoms with van der Waals surface area (Å²) in [6.45, 7) is 8.54. The number of ether oxygens (including phenoxy) is 1. The Labute approximate surface area is 152 Å². The van der Waals surface area contributed by atoms with Crippen molar-refractivity contribution in [2.24, 2.45) is 11.1 Å². The van der Waals surface area contributed by atoms with Gasteiger partial charge >= 0.3 is 0 Å². The summed E-state index contributed by atoms with van der Waals surface area (Å²) >= 11 is 1.61. The summed E-state index contributed by atoms with van der Waals surface area (Å²) in [5, 5.41) is 6.01. The Morgan fingerprint density at radius 3 is 2.84 bits per heavy atom. The van der Waals surface area contributed by atoms with Gasteiger partial charge in [-0.2, -0.15) is 0 Å². The molecule has 2 aromatic rings. The summed E-state index contributed by atoms with van der Waals surface area (Å²) in [4.78, 5) is 17.3. The Hall–Kier alpha value is -1.76. The Morgan fingerprint density at radius 1 is 1.48 bits per heavy atom. The van der Waals surface area contributed by atoms with Crippen LogP contribution < -0.4 is 11.1 Å². The van der Waals surface area contributed by atoms with Gasteiger partial charge in [0.15, 0.2) is 0 Å². The van der Waals surface area contributed by atoms with E-state index in [9.17, 15) is 4.79 Å². The maximum Gasteiger partial charge on any atom is 0.245 e. The lowest BCUT2D eigenvalue weighted by Crippen LogP contribution is -2.74. The molecule has 2 atom stereocenters. The minimum absolute atomic E-state index is 0.0116. The Morgan fingerprint density at radius 2 is 2.24 bits per heavy atom. The Balaban J connectivity index is 1.76. The van der Waals surface area contributed by atoms with Crippen LogP contribution in [0, 0.1) is 12.3 Å². The standard InChI is InChI=1S/C19H25N3O2S/c1-5-24-16-10-19(20,18(16,3)4)17(23)22-14-8-6-7-13(9-14)15-11-25-12(2)21-15/h6-9,11,16H,5,10,20H2,1-4H3,(H,22,23). The number of thiazole rings is 1. The molecule has 1 saturated carbocycles. The molecule has 6 heteroatoms. The third kappa shape index (κ3) is 3.10. The number of carbonyl (C=O) groups is 1. The van der Waals surface area contributed by atoms with Crippen LogP contribution >= 0.6 is 11.3 Å². The monoisotopic (exact) mass is 359 g/mol. The van der Waals surface area contributed by atoms with Gasteiger partial charge in [0.1, 0.15) is 5.54 Å². The van der Waals surface area contributed by atoms with Gasteiger partial charge < -0.3 is 15.8 Å².